The van der Waals surface area contributed by atoms with E-state index in [-0.39, 0.29) is 5.41 Å². The highest BCUT2D eigenvalue weighted by molar-refractivity contribution is 6.34. The second kappa shape index (κ2) is 6.15. The number of halogens is 2. The summed E-state index contributed by atoms with van der Waals surface area (Å²) in [6, 6.07) is 5.97. The molecular weight excluding hydrogens is 307 g/mol. The highest BCUT2D eigenvalue weighted by atomic mass is 35.5. The van der Waals surface area contributed by atoms with Crippen molar-refractivity contribution in [3.8, 4) is 0 Å². The van der Waals surface area contributed by atoms with Gasteiger partial charge in [0.25, 0.3) is 0 Å². The lowest BCUT2D eigenvalue weighted by Gasteiger charge is -2.34. The molecule has 3 nitrogen and oxygen atoms in total. The largest absolute Gasteiger partial charge is 0.381 e. The number of hydrogen-bond acceptors (Lipinski definition) is 2. The maximum absolute atomic E-state index is 6.29. The van der Waals surface area contributed by atoms with Crippen LogP contribution in [0.5, 0.6) is 0 Å². The van der Waals surface area contributed by atoms with E-state index in [1.165, 1.54) is 0 Å². The lowest BCUT2D eigenvalue weighted by Crippen LogP contribution is -2.31. The van der Waals surface area contributed by atoms with Gasteiger partial charge >= 0.3 is 0 Å². The lowest BCUT2D eigenvalue weighted by atomic mass is 9.82. The number of aryl methyl sites for hydroxylation is 1. The monoisotopic (exact) mass is 326 g/mol. The molecule has 0 amide bonds. The number of fused-ring (bicyclic) bond motifs is 1. The van der Waals surface area contributed by atoms with Crippen LogP contribution in [0.2, 0.25) is 5.02 Å². The average Bonchev–Trinajstić information content (AvgIpc) is 2.80. The number of alkyl halides is 1. The molecule has 1 aliphatic heterocycles. The molecular formula is C16H20Cl2N2O. The first-order chi connectivity index (χ1) is 10.1. The van der Waals surface area contributed by atoms with E-state index in [0.717, 1.165) is 55.9 Å². The molecule has 5 heteroatoms. The van der Waals surface area contributed by atoms with E-state index in [2.05, 4.69) is 17.6 Å². The Kier molecular flexibility index (Phi) is 4.43. The van der Waals surface area contributed by atoms with E-state index in [1.54, 1.807) is 0 Å². The van der Waals surface area contributed by atoms with Gasteiger partial charge in [-0.15, -0.1) is 11.6 Å². The molecule has 0 unspecified atom stereocenters. The van der Waals surface area contributed by atoms with E-state index >= 15 is 0 Å². The zero-order valence-electron chi connectivity index (χ0n) is 12.2. The zero-order valence-corrected chi connectivity index (χ0v) is 13.8. The molecule has 1 fully saturated rings. The van der Waals surface area contributed by atoms with Crippen molar-refractivity contribution in [2.45, 2.75) is 32.7 Å². The van der Waals surface area contributed by atoms with Gasteiger partial charge in [0, 0.05) is 32.1 Å². The van der Waals surface area contributed by atoms with Crippen LogP contribution in [-0.2, 0) is 17.7 Å². The maximum Gasteiger partial charge on any atom is 0.111 e. The summed E-state index contributed by atoms with van der Waals surface area (Å²) < 4.78 is 7.80. The normalized spacial score (nSPS) is 18.2. The molecule has 0 radical (unpaired) electrons. The van der Waals surface area contributed by atoms with Gasteiger partial charge in [0.05, 0.1) is 10.5 Å². The molecule has 1 aromatic heterocycles. The van der Waals surface area contributed by atoms with E-state index in [4.69, 9.17) is 32.9 Å². The molecule has 2 heterocycles. The van der Waals surface area contributed by atoms with Gasteiger partial charge in [0.15, 0.2) is 0 Å². The van der Waals surface area contributed by atoms with Crippen molar-refractivity contribution in [3.05, 3.63) is 29.0 Å². The first-order valence-electron chi connectivity index (χ1n) is 7.40. The van der Waals surface area contributed by atoms with E-state index in [0.29, 0.717) is 10.9 Å². The van der Waals surface area contributed by atoms with Gasteiger partial charge in [0.2, 0.25) is 0 Å². The van der Waals surface area contributed by atoms with Crippen molar-refractivity contribution in [1.29, 1.82) is 0 Å². The van der Waals surface area contributed by atoms with Gasteiger partial charge in [-0.3, -0.25) is 0 Å². The van der Waals surface area contributed by atoms with Crippen LogP contribution in [0.3, 0.4) is 0 Å². The van der Waals surface area contributed by atoms with Gasteiger partial charge in [-0.2, -0.15) is 0 Å². The quantitative estimate of drug-likeness (QED) is 0.784. The Labute approximate surface area is 135 Å². The molecule has 0 bridgehead atoms. The second-order valence-electron chi connectivity index (χ2n) is 6.08. The predicted octanol–water partition coefficient (Wildman–Crippen LogP) is 4.29. The van der Waals surface area contributed by atoms with Crippen molar-refractivity contribution < 1.29 is 4.74 Å². The Bertz CT molecular complexity index is 632. The molecule has 1 aliphatic rings. The van der Waals surface area contributed by atoms with Crippen LogP contribution in [0.4, 0.5) is 0 Å². The Hall–Kier alpha value is -0.770. The molecule has 0 saturated carbocycles. The van der Waals surface area contributed by atoms with Crippen molar-refractivity contribution in [2.24, 2.45) is 5.41 Å². The molecule has 3 rings (SSSR count). The smallest absolute Gasteiger partial charge is 0.111 e. The lowest BCUT2D eigenvalue weighted by molar-refractivity contribution is 0.0157. The summed E-state index contributed by atoms with van der Waals surface area (Å²) in [4.78, 5) is 4.71. The van der Waals surface area contributed by atoms with Crippen molar-refractivity contribution >= 4 is 34.2 Å². The van der Waals surface area contributed by atoms with Crippen molar-refractivity contribution in [2.75, 3.05) is 19.1 Å². The number of hydrogen-bond donors (Lipinski definition) is 0. The van der Waals surface area contributed by atoms with Crippen LogP contribution in [0.25, 0.3) is 11.0 Å². The number of benzene rings is 1. The Morgan fingerprint density at radius 2 is 2.10 bits per heavy atom. The zero-order chi connectivity index (χ0) is 14.9. The summed E-state index contributed by atoms with van der Waals surface area (Å²) in [7, 11) is 0. The van der Waals surface area contributed by atoms with Crippen LogP contribution in [0.15, 0.2) is 18.2 Å². The SMILES string of the molecule is CC1(Cn2c(CCCl)nc3c(Cl)cccc32)CCOCC1. The van der Waals surface area contributed by atoms with E-state index in [1.807, 2.05) is 12.1 Å². The van der Waals surface area contributed by atoms with E-state index < -0.39 is 0 Å². The van der Waals surface area contributed by atoms with Gasteiger partial charge in [0.1, 0.15) is 11.3 Å². The molecule has 1 saturated heterocycles. The van der Waals surface area contributed by atoms with Crippen LogP contribution in [0.1, 0.15) is 25.6 Å². The van der Waals surface area contributed by atoms with Crippen LogP contribution in [-0.4, -0.2) is 28.6 Å². The average molecular weight is 327 g/mol. The molecule has 2 aromatic rings. The third-order valence-electron chi connectivity index (χ3n) is 4.37. The minimum absolute atomic E-state index is 0.245. The highest BCUT2D eigenvalue weighted by Gasteiger charge is 2.29. The fraction of sp³-hybridized carbons (Fsp3) is 0.562. The number of para-hydroxylation sites is 1. The second-order valence-corrected chi connectivity index (χ2v) is 6.87. The minimum atomic E-state index is 0.245. The van der Waals surface area contributed by atoms with E-state index in [9.17, 15) is 0 Å². The molecule has 0 aliphatic carbocycles. The molecule has 0 spiro atoms. The molecule has 0 atom stereocenters. The standard InChI is InChI=1S/C16H20Cl2N2O/c1-16(6-9-21-10-7-16)11-20-13-4-2-3-12(18)15(13)19-14(20)5-8-17/h2-4H,5-11H2,1H3. The van der Waals surface area contributed by atoms with Crippen LogP contribution in [0, 0.1) is 5.41 Å². The summed E-state index contributed by atoms with van der Waals surface area (Å²) in [6.45, 7) is 4.96. The first kappa shape index (κ1) is 15.1. The topological polar surface area (TPSA) is 27.1 Å². The fourth-order valence-corrected chi connectivity index (χ4v) is 3.40. The summed E-state index contributed by atoms with van der Waals surface area (Å²) in [5, 5.41) is 0.708. The van der Waals surface area contributed by atoms with Gasteiger partial charge < -0.3 is 9.30 Å². The number of nitrogens with zero attached hydrogens (tertiary/aromatic N) is 2. The Morgan fingerprint density at radius 3 is 2.81 bits per heavy atom. The molecule has 1 aromatic carbocycles. The third-order valence-corrected chi connectivity index (χ3v) is 4.86. The molecule has 0 N–H and O–H groups in total. The van der Waals surface area contributed by atoms with Crippen LogP contribution >= 0.6 is 23.2 Å². The molecule has 114 valence electrons. The maximum atomic E-state index is 6.29. The Balaban J connectivity index is 2.02. The molecule has 21 heavy (non-hydrogen) atoms. The fourth-order valence-electron chi connectivity index (χ4n) is 3.02. The van der Waals surface area contributed by atoms with Gasteiger partial charge in [-0.05, 0) is 30.4 Å². The summed E-state index contributed by atoms with van der Waals surface area (Å²) in [5.41, 5.74) is 2.24. The predicted molar refractivity (Wildman–Crippen MR) is 87.3 cm³/mol. The minimum Gasteiger partial charge on any atom is -0.381 e. The first-order valence-corrected chi connectivity index (χ1v) is 8.31. The Morgan fingerprint density at radius 1 is 1.33 bits per heavy atom. The van der Waals surface area contributed by atoms with Gasteiger partial charge in [-0.1, -0.05) is 24.6 Å². The number of imidazole rings is 1. The number of rotatable bonds is 4. The highest BCUT2D eigenvalue weighted by Crippen LogP contribution is 2.34. The number of aromatic nitrogens is 2. The van der Waals surface area contributed by atoms with Crippen molar-refractivity contribution in [1.82, 2.24) is 9.55 Å². The summed E-state index contributed by atoms with van der Waals surface area (Å²) in [6.07, 6.45) is 2.92. The van der Waals surface area contributed by atoms with Crippen molar-refractivity contribution in [3.63, 3.8) is 0 Å². The third kappa shape index (κ3) is 3.05. The summed E-state index contributed by atoms with van der Waals surface area (Å²) in [5.74, 6) is 1.60. The summed E-state index contributed by atoms with van der Waals surface area (Å²) >= 11 is 12.2. The van der Waals surface area contributed by atoms with Gasteiger partial charge in [-0.25, -0.2) is 4.98 Å². The number of ether oxygens (including phenoxy) is 1. The van der Waals surface area contributed by atoms with Crippen LogP contribution < -0.4 is 0 Å².